The normalized spacial score (nSPS) is 17.4. The monoisotopic (exact) mass is 263 g/mol. The quantitative estimate of drug-likeness (QED) is 0.890. The number of benzene rings is 1. The molecule has 1 aromatic carbocycles. The zero-order valence-electron chi connectivity index (χ0n) is 10.4. The fourth-order valence-electron chi connectivity index (χ4n) is 2.52. The standard InChI is InChI=1S/C14H18ClN3/c15-13-10-17-14-9-11(1-2-12(13)14)3-6-18-7-4-16-5-8-18/h1-2,9-10,16-17H,3-8H2. The Morgan fingerprint density at radius 1 is 1.22 bits per heavy atom. The maximum atomic E-state index is 6.08. The zero-order valence-corrected chi connectivity index (χ0v) is 11.1. The Morgan fingerprint density at radius 2 is 2.06 bits per heavy atom. The van der Waals surface area contributed by atoms with Gasteiger partial charge in [-0.2, -0.15) is 0 Å². The van der Waals surface area contributed by atoms with Gasteiger partial charge in [0, 0.05) is 49.8 Å². The van der Waals surface area contributed by atoms with Crippen LogP contribution in [-0.4, -0.2) is 42.6 Å². The second kappa shape index (κ2) is 5.31. The van der Waals surface area contributed by atoms with Gasteiger partial charge in [0.2, 0.25) is 0 Å². The summed E-state index contributed by atoms with van der Waals surface area (Å²) in [6, 6.07) is 6.51. The van der Waals surface area contributed by atoms with Crippen molar-refractivity contribution < 1.29 is 0 Å². The van der Waals surface area contributed by atoms with Gasteiger partial charge in [-0.1, -0.05) is 23.7 Å². The molecule has 0 bridgehead atoms. The number of aromatic amines is 1. The van der Waals surface area contributed by atoms with Crippen LogP contribution in [0.25, 0.3) is 10.9 Å². The van der Waals surface area contributed by atoms with Crippen LogP contribution in [0, 0.1) is 0 Å². The molecule has 0 saturated carbocycles. The average molecular weight is 264 g/mol. The first-order valence-corrected chi connectivity index (χ1v) is 6.89. The molecule has 1 aliphatic rings. The summed E-state index contributed by atoms with van der Waals surface area (Å²) in [6.45, 7) is 5.70. The number of rotatable bonds is 3. The minimum atomic E-state index is 0.804. The van der Waals surface area contributed by atoms with Crippen LogP contribution >= 0.6 is 11.6 Å². The maximum Gasteiger partial charge on any atom is 0.0659 e. The molecule has 0 spiro atoms. The Morgan fingerprint density at radius 3 is 2.89 bits per heavy atom. The third-order valence-corrected chi connectivity index (χ3v) is 3.93. The van der Waals surface area contributed by atoms with E-state index in [1.807, 2.05) is 6.20 Å². The summed E-state index contributed by atoms with van der Waals surface area (Å²) >= 11 is 6.08. The Bertz CT molecular complexity index is 529. The SMILES string of the molecule is Clc1c[nH]c2cc(CCN3CCNCC3)ccc12. The van der Waals surface area contributed by atoms with Crippen molar-refractivity contribution in [2.75, 3.05) is 32.7 Å². The molecule has 2 N–H and O–H groups in total. The number of halogens is 1. The van der Waals surface area contributed by atoms with Crippen LogP contribution < -0.4 is 5.32 Å². The van der Waals surface area contributed by atoms with E-state index in [9.17, 15) is 0 Å². The fraction of sp³-hybridized carbons (Fsp3) is 0.429. The summed E-state index contributed by atoms with van der Waals surface area (Å²) in [7, 11) is 0. The first kappa shape index (κ1) is 12.0. The fourth-order valence-corrected chi connectivity index (χ4v) is 2.73. The summed E-state index contributed by atoms with van der Waals surface area (Å²) in [4.78, 5) is 5.73. The molecule has 1 aliphatic heterocycles. The Labute approximate surface area is 112 Å². The van der Waals surface area contributed by atoms with Gasteiger partial charge < -0.3 is 15.2 Å². The molecule has 96 valence electrons. The first-order chi connectivity index (χ1) is 8.83. The van der Waals surface area contributed by atoms with Crippen LogP contribution in [0.15, 0.2) is 24.4 Å². The summed E-state index contributed by atoms with van der Waals surface area (Å²) in [6.07, 6.45) is 2.96. The average Bonchev–Trinajstić information content (AvgIpc) is 2.79. The second-order valence-electron chi connectivity index (χ2n) is 4.86. The second-order valence-corrected chi connectivity index (χ2v) is 5.27. The molecule has 3 rings (SSSR count). The van der Waals surface area contributed by atoms with Gasteiger partial charge in [0.1, 0.15) is 0 Å². The lowest BCUT2D eigenvalue weighted by Gasteiger charge is -2.27. The largest absolute Gasteiger partial charge is 0.360 e. The van der Waals surface area contributed by atoms with Gasteiger partial charge in [-0.05, 0) is 18.1 Å². The Balaban J connectivity index is 1.66. The molecule has 0 amide bonds. The molecule has 0 radical (unpaired) electrons. The molecular formula is C14H18ClN3. The zero-order chi connectivity index (χ0) is 12.4. The summed E-state index contributed by atoms with van der Waals surface area (Å²) in [5.74, 6) is 0. The predicted octanol–water partition coefficient (Wildman–Crippen LogP) is 2.27. The lowest BCUT2D eigenvalue weighted by atomic mass is 10.1. The van der Waals surface area contributed by atoms with Crippen LogP contribution in [0.1, 0.15) is 5.56 Å². The molecule has 0 aliphatic carbocycles. The number of H-pyrrole nitrogens is 1. The third-order valence-electron chi connectivity index (χ3n) is 3.62. The number of hydrogen-bond donors (Lipinski definition) is 2. The van der Waals surface area contributed by atoms with Crippen molar-refractivity contribution in [2.45, 2.75) is 6.42 Å². The number of aromatic nitrogens is 1. The van der Waals surface area contributed by atoms with Crippen molar-refractivity contribution in [3.63, 3.8) is 0 Å². The van der Waals surface area contributed by atoms with Gasteiger partial charge in [-0.3, -0.25) is 0 Å². The molecule has 2 heterocycles. The molecule has 1 saturated heterocycles. The number of fused-ring (bicyclic) bond motifs is 1. The van der Waals surface area contributed by atoms with Gasteiger partial charge >= 0.3 is 0 Å². The van der Waals surface area contributed by atoms with Crippen molar-refractivity contribution in [2.24, 2.45) is 0 Å². The first-order valence-electron chi connectivity index (χ1n) is 6.51. The van der Waals surface area contributed by atoms with Crippen LogP contribution in [-0.2, 0) is 6.42 Å². The van der Waals surface area contributed by atoms with Crippen LogP contribution in [0.2, 0.25) is 5.02 Å². The van der Waals surface area contributed by atoms with Crippen molar-refractivity contribution >= 4 is 22.5 Å². The number of nitrogens with one attached hydrogen (secondary N) is 2. The minimum absolute atomic E-state index is 0.804. The van der Waals surface area contributed by atoms with E-state index in [1.165, 1.54) is 5.56 Å². The number of nitrogens with zero attached hydrogens (tertiary/aromatic N) is 1. The Kier molecular flexibility index (Phi) is 3.55. The van der Waals surface area contributed by atoms with Crippen LogP contribution in [0.5, 0.6) is 0 Å². The van der Waals surface area contributed by atoms with Gasteiger partial charge in [-0.25, -0.2) is 0 Å². The molecule has 1 aromatic heterocycles. The van der Waals surface area contributed by atoms with E-state index >= 15 is 0 Å². The van der Waals surface area contributed by atoms with E-state index in [4.69, 9.17) is 11.6 Å². The highest BCUT2D eigenvalue weighted by Crippen LogP contribution is 2.23. The van der Waals surface area contributed by atoms with E-state index in [0.29, 0.717) is 0 Å². The molecular weight excluding hydrogens is 246 g/mol. The Hall–Kier alpha value is -1.03. The topological polar surface area (TPSA) is 31.1 Å². The van der Waals surface area contributed by atoms with Crippen molar-refractivity contribution in [3.05, 3.63) is 35.0 Å². The van der Waals surface area contributed by atoms with Crippen molar-refractivity contribution in [1.29, 1.82) is 0 Å². The van der Waals surface area contributed by atoms with E-state index in [-0.39, 0.29) is 0 Å². The summed E-state index contributed by atoms with van der Waals surface area (Å²) in [5.41, 5.74) is 2.51. The highest BCUT2D eigenvalue weighted by atomic mass is 35.5. The minimum Gasteiger partial charge on any atom is -0.360 e. The molecule has 2 aromatic rings. The summed E-state index contributed by atoms with van der Waals surface area (Å²) in [5, 5.41) is 5.30. The van der Waals surface area contributed by atoms with E-state index in [1.54, 1.807) is 0 Å². The van der Waals surface area contributed by atoms with Crippen LogP contribution in [0.3, 0.4) is 0 Å². The predicted molar refractivity (Wildman–Crippen MR) is 76.3 cm³/mol. The molecule has 0 unspecified atom stereocenters. The maximum absolute atomic E-state index is 6.08. The molecule has 3 nitrogen and oxygen atoms in total. The molecule has 0 atom stereocenters. The summed E-state index contributed by atoms with van der Waals surface area (Å²) < 4.78 is 0. The van der Waals surface area contributed by atoms with E-state index < -0.39 is 0 Å². The van der Waals surface area contributed by atoms with Gasteiger partial charge in [-0.15, -0.1) is 0 Å². The lowest BCUT2D eigenvalue weighted by molar-refractivity contribution is 0.244. The van der Waals surface area contributed by atoms with Gasteiger partial charge in [0.15, 0.2) is 0 Å². The number of piperazine rings is 1. The lowest BCUT2D eigenvalue weighted by Crippen LogP contribution is -2.44. The highest BCUT2D eigenvalue weighted by Gasteiger charge is 2.09. The highest BCUT2D eigenvalue weighted by molar-refractivity contribution is 6.35. The molecule has 1 fully saturated rings. The molecule has 4 heteroatoms. The third kappa shape index (κ3) is 2.53. The van der Waals surface area contributed by atoms with E-state index in [0.717, 1.165) is 55.1 Å². The number of hydrogen-bond acceptors (Lipinski definition) is 2. The molecule has 18 heavy (non-hydrogen) atoms. The van der Waals surface area contributed by atoms with E-state index in [2.05, 4.69) is 33.4 Å². The van der Waals surface area contributed by atoms with Crippen molar-refractivity contribution in [1.82, 2.24) is 15.2 Å². The van der Waals surface area contributed by atoms with Crippen molar-refractivity contribution in [3.8, 4) is 0 Å². The van der Waals surface area contributed by atoms with Crippen LogP contribution in [0.4, 0.5) is 0 Å². The van der Waals surface area contributed by atoms with Gasteiger partial charge in [0.05, 0.1) is 5.02 Å². The van der Waals surface area contributed by atoms with Gasteiger partial charge in [0.25, 0.3) is 0 Å². The smallest absolute Gasteiger partial charge is 0.0659 e.